The summed E-state index contributed by atoms with van der Waals surface area (Å²) in [5, 5.41) is 12.7. The lowest BCUT2D eigenvalue weighted by atomic mass is 10.1. The van der Waals surface area contributed by atoms with Crippen molar-refractivity contribution < 1.29 is 32.7 Å². The van der Waals surface area contributed by atoms with Crippen molar-refractivity contribution in [2.45, 2.75) is 36.7 Å². The molecule has 0 radical (unpaired) electrons. The number of hydrogen-bond acceptors (Lipinski definition) is 7. The number of benzene rings is 2. The zero-order valence-corrected chi connectivity index (χ0v) is 19.0. The van der Waals surface area contributed by atoms with Crippen molar-refractivity contribution in [2.24, 2.45) is 0 Å². The van der Waals surface area contributed by atoms with Gasteiger partial charge in [-0.3, -0.25) is 19.7 Å². The van der Waals surface area contributed by atoms with Crippen LogP contribution in [0.5, 0.6) is 11.5 Å². The van der Waals surface area contributed by atoms with E-state index in [-0.39, 0.29) is 29.3 Å². The normalized spacial score (nSPS) is 16.3. The zero-order valence-electron chi connectivity index (χ0n) is 18.2. The molecule has 10 nitrogen and oxygen atoms in total. The summed E-state index contributed by atoms with van der Waals surface area (Å²) in [5.41, 5.74) is -1.13. The predicted octanol–water partition coefficient (Wildman–Crippen LogP) is 2.19. The third-order valence-corrected chi connectivity index (χ3v) is 6.96. The zero-order chi connectivity index (χ0) is 24.2. The van der Waals surface area contributed by atoms with Gasteiger partial charge in [-0.1, -0.05) is 18.2 Å². The summed E-state index contributed by atoms with van der Waals surface area (Å²) in [5.74, 6) is 0.112. The first-order valence-electron chi connectivity index (χ1n) is 10.2. The third-order valence-electron chi connectivity index (χ3n) is 5.20. The number of para-hydroxylation sites is 1. The summed E-state index contributed by atoms with van der Waals surface area (Å²) in [4.78, 5) is 36.5. The standard InChI is InChI=1S/C22H25N3O7S/c1-22(2)20(27)24(21(28)23-22)14-16(25(29)15-26)12-13-33(30,31)19-10-8-18(9-11-19)32-17-6-4-3-5-7-17/h3-11,15-16,29H,12-14H2,1-2H3,(H,23,28)/t16-/m1/s1. The number of amides is 4. The molecular formula is C22H25N3O7S. The SMILES string of the molecule is CC1(C)NC(=O)N(C[C@@H](CCS(=O)(=O)c2ccc(Oc3ccccc3)cc2)N(O)C=O)C1=O. The molecule has 0 spiro atoms. The maximum atomic E-state index is 12.8. The molecule has 33 heavy (non-hydrogen) atoms. The average Bonchev–Trinajstić information content (AvgIpc) is 2.98. The van der Waals surface area contributed by atoms with E-state index in [0.29, 0.717) is 11.5 Å². The minimum atomic E-state index is -3.78. The molecule has 2 N–H and O–H groups in total. The van der Waals surface area contributed by atoms with Gasteiger partial charge >= 0.3 is 6.03 Å². The molecule has 176 valence electrons. The number of nitrogens with zero attached hydrogens (tertiary/aromatic N) is 2. The Morgan fingerprint density at radius 3 is 2.24 bits per heavy atom. The van der Waals surface area contributed by atoms with E-state index in [1.807, 2.05) is 18.2 Å². The fraction of sp³-hybridized carbons (Fsp3) is 0.318. The van der Waals surface area contributed by atoms with Gasteiger partial charge in [-0.15, -0.1) is 0 Å². The van der Waals surface area contributed by atoms with E-state index in [1.54, 1.807) is 12.1 Å². The van der Waals surface area contributed by atoms with Crippen molar-refractivity contribution in [1.82, 2.24) is 15.3 Å². The summed E-state index contributed by atoms with van der Waals surface area (Å²) in [7, 11) is -3.78. The largest absolute Gasteiger partial charge is 0.457 e. The minimum Gasteiger partial charge on any atom is -0.457 e. The van der Waals surface area contributed by atoms with Crippen LogP contribution in [0.1, 0.15) is 20.3 Å². The molecule has 0 aliphatic carbocycles. The van der Waals surface area contributed by atoms with Crippen LogP contribution in [0.15, 0.2) is 59.5 Å². The van der Waals surface area contributed by atoms with E-state index in [0.717, 1.165) is 4.90 Å². The molecule has 1 heterocycles. The summed E-state index contributed by atoms with van der Waals surface area (Å²) in [6.45, 7) is 2.70. The van der Waals surface area contributed by atoms with E-state index in [2.05, 4.69) is 5.32 Å². The molecule has 1 aliphatic rings. The summed E-state index contributed by atoms with van der Waals surface area (Å²) in [6.07, 6.45) is -0.0894. The highest BCUT2D eigenvalue weighted by Crippen LogP contribution is 2.24. The number of urea groups is 1. The van der Waals surface area contributed by atoms with Gasteiger partial charge in [-0.2, -0.15) is 0 Å². The molecule has 1 aliphatic heterocycles. The van der Waals surface area contributed by atoms with Crippen molar-refractivity contribution in [3.8, 4) is 11.5 Å². The van der Waals surface area contributed by atoms with Crippen molar-refractivity contribution >= 4 is 28.2 Å². The first kappa shape index (κ1) is 24.2. The van der Waals surface area contributed by atoms with Gasteiger partial charge < -0.3 is 10.1 Å². The van der Waals surface area contributed by atoms with Crippen molar-refractivity contribution in [1.29, 1.82) is 0 Å². The summed E-state index contributed by atoms with van der Waals surface area (Å²) >= 11 is 0. The van der Waals surface area contributed by atoms with Crippen LogP contribution in [0.2, 0.25) is 0 Å². The quantitative estimate of drug-likeness (QED) is 0.233. The molecule has 1 atom stereocenters. The fourth-order valence-corrected chi connectivity index (χ4v) is 4.71. The van der Waals surface area contributed by atoms with Gasteiger partial charge in [0.15, 0.2) is 9.84 Å². The highest BCUT2D eigenvalue weighted by Gasteiger charge is 2.45. The van der Waals surface area contributed by atoms with Crippen LogP contribution in [-0.4, -0.2) is 65.8 Å². The third kappa shape index (κ3) is 5.68. The monoisotopic (exact) mass is 475 g/mol. The van der Waals surface area contributed by atoms with E-state index in [4.69, 9.17) is 4.74 Å². The fourth-order valence-electron chi connectivity index (χ4n) is 3.34. The van der Waals surface area contributed by atoms with Gasteiger partial charge in [0, 0.05) is 0 Å². The van der Waals surface area contributed by atoms with E-state index < -0.39 is 39.1 Å². The second-order valence-electron chi connectivity index (χ2n) is 8.10. The number of hydrogen-bond donors (Lipinski definition) is 2. The lowest BCUT2D eigenvalue weighted by Gasteiger charge is -2.26. The first-order chi connectivity index (χ1) is 15.5. The molecule has 2 aromatic rings. The molecule has 2 aromatic carbocycles. The number of nitrogens with one attached hydrogen (secondary N) is 1. The van der Waals surface area contributed by atoms with Crippen molar-refractivity contribution in [2.75, 3.05) is 12.3 Å². The Balaban J connectivity index is 1.67. The molecular weight excluding hydrogens is 450 g/mol. The molecule has 1 fully saturated rings. The van der Waals surface area contributed by atoms with Crippen LogP contribution in [-0.2, 0) is 19.4 Å². The number of carbonyl (C=O) groups is 3. The van der Waals surface area contributed by atoms with E-state index in [1.165, 1.54) is 38.1 Å². The number of imide groups is 1. The van der Waals surface area contributed by atoms with Crippen LogP contribution >= 0.6 is 0 Å². The maximum absolute atomic E-state index is 12.8. The highest BCUT2D eigenvalue weighted by atomic mass is 32.2. The minimum absolute atomic E-state index is 0.0355. The Bertz CT molecular complexity index is 1120. The second kappa shape index (κ2) is 9.59. The Hall–Kier alpha value is -3.44. The lowest BCUT2D eigenvalue weighted by Crippen LogP contribution is -2.46. The molecule has 4 amide bonds. The molecule has 0 saturated carbocycles. The molecule has 3 rings (SSSR count). The van der Waals surface area contributed by atoms with Crippen LogP contribution in [0.4, 0.5) is 4.79 Å². The number of hydroxylamine groups is 2. The number of rotatable bonds is 10. The van der Waals surface area contributed by atoms with Gasteiger partial charge in [-0.05, 0) is 56.7 Å². The van der Waals surface area contributed by atoms with Gasteiger partial charge in [0.25, 0.3) is 5.91 Å². The Kier molecular flexibility index (Phi) is 7.04. The molecule has 1 saturated heterocycles. The lowest BCUT2D eigenvalue weighted by molar-refractivity contribution is -0.162. The Morgan fingerprint density at radius 1 is 1.09 bits per heavy atom. The van der Waals surface area contributed by atoms with Gasteiger partial charge in [0.2, 0.25) is 6.41 Å². The second-order valence-corrected chi connectivity index (χ2v) is 10.2. The smallest absolute Gasteiger partial charge is 0.325 e. The Morgan fingerprint density at radius 2 is 1.70 bits per heavy atom. The van der Waals surface area contributed by atoms with Gasteiger partial charge in [0.1, 0.15) is 17.0 Å². The van der Waals surface area contributed by atoms with Crippen molar-refractivity contribution in [3.63, 3.8) is 0 Å². The highest BCUT2D eigenvalue weighted by molar-refractivity contribution is 7.91. The van der Waals surface area contributed by atoms with Gasteiger partial charge in [-0.25, -0.2) is 18.3 Å². The molecule has 0 unspecified atom stereocenters. The van der Waals surface area contributed by atoms with Gasteiger partial charge in [0.05, 0.1) is 23.2 Å². The summed E-state index contributed by atoms with van der Waals surface area (Å²) < 4.78 is 31.2. The van der Waals surface area contributed by atoms with Crippen LogP contribution in [0.25, 0.3) is 0 Å². The topological polar surface area (TPSA) is 133 Å². The van der Waals surface area contributed by atoms with Crippen LogP contribution in [0.3, 0.4) is 0 Å². The van der Waals surface area contributed by atoms with Crippen LogP contribution in [0, 0.1) is 0 Å². The maximum Gasteiger partial charge on any atom is 0.325 e. The molecule has 0 bridgehead atoms. The number of sulfone groups is 1. The number of ether oxygens (including phenoxy) is 1. The number of carbonyl (C=O) groups excluding carboxylic acids is 3. The Labute approximate surface area is 191 Å². The van der Waals surface area contributed by atoms with Crippen molar-refractivity contribution in [3.05, 3.63) is 54.6 Å². The average molecular weight is 476 g/mol. The van der Waals surface area contributed by atoms with E-state index >= 15 is 0 Å². The summed E-state index contributed by atoms with van der Waals surface area (Å²) in [6, 6.07) is 13.1. The van der Waals surface area contributed by atoms with E-state index in [9.17, 15) is 28.0 Å². The van der Waals surface area contributed by atoms with Crippen LogP contribution < -0.4 is 10.1 Å². The molecule has 11 heteroatoms. The molecule has 0 aromatic heterocycles. The predicted molar refractivity (Wildman–Crippen MR) is 117 cm³/mol. The first-order valence-corrected chi connectivity index (χ1v) is 11.8.